The molecule has 2 heterocycles. The number of nitrogens with one attached hydrogen (secondary N) is 1. The lowest BCUT2D eigenvalue weighted by Crippen LogP contribution is -2.30. The van der Waals surface area contributed by atoms with Crippen LogP contribution >= 0.6 is 23.1 Å². The van der Waals surface area contributed by atoms with Crippen molar-refractivity contribution in [3.63, 3.8) is 0 Å². The van der Waals surface area contributed by atoms with Crippen molar-refractivity contribution in [1.29, 1.82) is 5.26 Å². The van der Waals surface area contributed by atoms with Crippen LogP contribution in [0.1, 0.15) is 29.7 Å². The van der Waals surface area contributed by atoms with Crippen LogP contribution in [0.3, 0.4) is 0 Å². The molecule has 0 fully saturated rings. The van der Waals surface area contributed by atoms with Crippen LogP contribution in [0, 0.1) is 18.3 Å². The third-order valence-electron chi connectivity index (χ3n) is 3.04. The molecule has 20 heavy (non-hydrogen) atoms. The average Bonchev–Trinajstić information content (AvgIpc) is 2.81. The third-order valence-corrected chi connectivity index (χ3v) is 5.42. The lowest BCUT2D eigenvalue weighted by atomic mass is 9.91. The zero-order chi connectivity index (χ0) is 14.7. The summed E-state index contributed by atoms with van der Waals surface area (Å²) in [5.41, 5.74) is 2.83. The minimum atomic E-state index is -0.110. The fourth-order valence-electron chi connectivity index (χ4n) is 2.09. The van der Waals surface area contributed by atoms with Gasteiger partial charge in [-0.2, -0.15) is 5.26 Å². The zero-order valence-corrected chi connectivity index (χ0v) is 13.2. The lowest BCUT2D eigenvalue weighted by molar-refractivity contribution is -0.120. The van der Waals surface area contributed by atoms with Crippen LogP contribution in [0.5, 0.6) is 0 Å². The van der Waals surface area contributed by atoms with E-state index in [4.69, 9.17) is 0 Å². The van der Waals surface area contributed by atoms with Crippen molar-refractivity contribution < 1.29 is 4.79 Å². The molecule has 0 radical (unpaired) electrons. The highest BCUT2D eigenvalue weighted by Gasteiger charge is 2.31. The van der Waals surface area contributed by atoms with Crippen LogP contribution in [-0.2, 0) is 4.79 Å². The number of nitriles is 1. The van der Waals surface area contributed by atoms with Gasteiger partial charge in [0.1, 0.15) is 0 Å². The highest BCUT2D eigenvalue weighted by molar-refractivity contribution is 8.03. The van der Waals surface area contributed by atoms with Crippen LogP contribution in [0.15, 0.2) is 34.2 Å². The molecule has 5 heteroatoms. The van der Waals surface area contributed by atoms with E-state index in [1.165, 1.54) is 11.8 Å². The molecule has 1 aliphatic heterocycles. The monoisotopic (exact) mass is 304 g/mol. The molecule has 104 valence electrons. The Morgan fingerprint density at radius 3 is 3.00 bits per heavy atom. The molecule has 1 unspecified atom stereocenters. The van der Waals surface area contributed by atoms with Gasteiger partial charge in [-0.15, -0.1) is 23.1 Å². The normalized spacial score (nSPS) is 18.6. The topological polar surface area (TPSA) is 52.9 Å². The molecule has 1 atom stereocenters. The summed E-state index contributed by atoms with van der Waals surface area (Å²) in [6.07, 6.45) is 0.349. The maximum Gasteiger partial charge on any atom is 0.225 e. The smallest absolute Gasteiger partial charge is 0.225 e. The number of nitrogens with zero attached hydrogens (tertiary/aromatic N) is 1. The van der Waals surface area contributed by atoms with Crippen molar-refractivity contribution in [3.8, 4) is 6.07 Å². The molecular weight excluding hydrogens is 288 g/mol. The summed E-state index contributed by atoms with van der Waals surface area (Å²) in [5.74, 6) is 0.573. The Morgan fingerprint density at radius 1 is 1.70 bits per heavy atom. The number of carbonyl (C=O) groups is 1. The fourth-order valence-corrected chi connectivity index (χ4v) is 4.05. The van der Waals surface area contributed by atoms with Gasteiger partial charge in [0.05, 0.1) is 16.7 Å². The Labute approximate surface area is 127 Å². The summed E-state index contributed by atoms with van der Waals surface area (Å²) in [4.78, 5) is 13.0. The number of thiophene rings is 1. The summed E-state index contributed by atoms with van der Waals surface area (Å²) in [7, 11) is 0. The molecule has 2 rings (SSSR count). The van der Waals surface area contributed by atoms with Gasteiger partial charge < -0.3 is 5.32 Å². The molecule has 1 aliphatic rings. The van der Waals surface area contributed by atoms with Gasteiger partial charge in [0.15, 0.2) is 0 Å². The second kappa shape index (κ2) is 6.29. The van der Waals surface area contributed by atoms with Gasteiger partial charge in [-0.3, -0.25) is 4.79 Å². The second-order valence-electron chi connectivity index (χ2n) is 4.87. The number of rotatable bonds is 4. The largest absolute Gasteiger partial charge is 0.320 e. The summed E-state index contributed by atoms with van der Waals surface area (Å²) < 4.78 is 0. The molecule has 1 aromatic rings. The molecule has 0 bridgehead atoms. The van der Waals surface area contributed by atoms with Gasteiger partial charge in [0, 0.05) is 23.0 Å². The fraction of sp³-hybridized carbons (Fsp3) is 0.333. The third kappa shape index (κ3) is 3.14. The number of hydrogen-bond donors (Lipinski definition) is 1. The molecule has 0 aromatic carbocycles. The Bertz CT molecular complexity index is 622. The van der Waals surface area contributed by atoms with E-state index in [9.17, 15) is 10.1 Å². The molecule has 3 nitrogen and oxygen atoms in total. The van der Waals surface area contributed by atoms with E-state index in [2.05, 4.69) is 18.0 Å². The first-order valence-corrected chi connectivity index (χ1v) is 8.14. The van der Waals surface area contributed by atoms with Crippen LogP contribution in [0.25, 0.3) is 0 Å². The first kappa shape index (κ1) is 14.9. The number of aryl methyl sites for hydroxylation is 1. The Kier molecular flexibility index (Phi) is 4.69. The average molecular weight is 304 g/mol. The van der Waals surface area contributed by atoms with E-state index in [-0.39, 0.29) is 11.8 Å². The van der Waals surface area contributed by atoms with E-state index < -0.39 is 0 Å². The standard InChI is InChI=1S/C15H16N2OS2/c1-9(2)8-20-15-12(7-16)11(6-13(18)17-15)14-10(3)4-5-19-14/h4-5,11H,1,6,8H2,2-3H3,(H,17,18). The van der Waals surface area contributed by atoms with Crippen molar-refractivity contribution in [2.45, 2.75) is 26.2 Å². The van der Waals surface area contributed by atoms with Crippen molar-refractivity contribution >= 4 is 29.0 Å². The summed E-state index contributed by atoms with van der Waals surface area (Å²) in [6.45, 7) is 7.81. The molecule has 1 amide bonds. The van der Waals surface area contributed by atoms with Crippen molar-refractivity contribution in [2.24, 2.45) is 0 Å². The van der Waals surface area contributed by atoms with Crippen LogP contribution in [0.4, 0.5) is 0 Å². The number of thioether (sulfide) groups is 1. The first-order valence-electron chi connectivity index (χ1n) is 6.28. The highest BCUT2D eigenvalue weighted by Crippen LogP contribution is 2.39. The SMILES string of the molecule is C=C(C)CSC1=C(C#N)C(c2sccc2C)CC(=O)N1. The number of amides is 1. The van der Waals surface area contributed by atoms with Gasteiger partial charge in [-0.05, 0) is 30.9 Å². The molecule has 1 aromatic heterocycles. The molecule has 1 N–H and O–H groups in total. The van der Waals surface area contributed by atoms with E-state index in [1.807, 2.05) is 25.3 Å². The molecule has 0 spiro atoms. The van der Waals surface area contributed by atoms with Crippen molar-refractivity contribution in [2.75, 3.05) is 5.75 Å². The Hall–Kier alpha value is -1.51. The van der Waals surface area contributed by atoms with E-state index in [0.29, 0.717) is 22.8 Å². The van der Waals surface area contributed by atoms with Gasteiger partial charge in [-0.25, -0.2) is 0 Å². The van der Waals surface area contributed by atoms with Crippen molar-refractivity contribution in [3.05, 3.63) is 44.6 Å². The maximum absolute atomic E-state index is 11.9. The quantitative estimate of drug-likeness (QED) is 0.863. The van der Waals surface area contributed by atoms with Crippen LogP contribution < -0.4 is 5.32 Å². The minimum Gasteiger partial charge on any atom is -0.320 e. The Morgan fingerprint density at radius 2 is 2.45 bits per heavy atom. The van der Waals surface area contributed by atoms with Gasteiger partial charge in [0.25, 0.3) is 0 Å². The van der Waals surface area contributed by atoms with E-state index >= 15 is 0 Å². The number of hydrogen-bond acceptors (Lipinski definition) is 4. The number of carbonyl (C=O) groups excluding carboxylic acids is 1. The molecule has 0 saturated heterocycles. The first-order chi connectivity index (χ1) is 9.52. The van der Waals surface area contributed by atoms with Crippen molar-refractivity contribution in [1.82, 2.24) is 5.32 Å². The zero-order valence-electron chi connectivity index (χ0n) is 11.5. The predicted octanol–water partition coefficient (Wildman–Crippen LogP) is 3.70. The minimum absolute atomic E-state index is 0.0222. The van der Waals surface area contributed by atoms with Crippen LogP contribution in [0.2, 0.25) is 0 Å². The summed E-state index contributed by atoms with van der Waals surface area (Å²) in [6, 6.07) is 4.31. The van der Waals surface area contributed by atoms with Crippen LogP contribution in [-0.4, -0.2) is 11.7 Å². The lowest BCUT2D eigenvalue weighted by Gasteiger charge is -2.24. The molecule has 0 aliphatic carbocycles. The molecule has 0 saturated carbocycles. The summed E-state index contributed by atoms with van der Waals surface area (Å²) >= 11 is 3.09. The van der Waals surface area contributed by atoms with E-state index in [1.54, 1.807) is 11.3 Å². The summed E-state index contributed by atoms with van der Waals surface area (Å²) in [5, 5.41) is 15.0. The maximum atomic E-state index is 11.9. The van der Waals surface area contributed by atoms with Gasteiger partial charge in [0.2, 0.25) is 5.91 Å². The predicted molar refractivity (Wildman–Crippen MR) is 84.5 cm³/mol. The van der Waals surface area contributed by atoms with Gasteiger partial charge >= 0.3 is 0 Å². The highest BCUT2D eigenvalue weighted by atomic mass is 32.2. The Balaban J connectivity index is 2.38. The van der Waals surface area contributed by atoms with E-state index in [0.717, 1.165) is 16.0 Å². The van der Waals surface area contributed by atoms with Gasteiger partial charge in [-0.1, -0.05) is 12.2 Å². The molecular formula is C15H16N2OS2. The number of allylic oxidation sites excluding steroid dienone is 1. The second-order valence-corrected chi connectivity index (χ2v) is 6.81.